The number of hydrogen-bond donors (Lipinski definition) is 4. The van der Waals surface area contributed by atoms with Crippen LogP contribution in [-0.2, 0) is 4.74 Å². The highest BCUT2D eigenvalue weighted by Gasteiger charge is 2.84. The Balaban J connectivity index is 1.37. The van der Waals surface area contributed by atoms with Gasteiger partial charge in [-0.05, 0) is 117 Å². The molecule has 4 N–H and O–H groups in total. The van der Waals surface area contributed by atoms with Crippen molar-refractivity contribution in [3.63, 3.8) is 0 Å². The highest BCUT2D eigenvalue weighted by atomic mass is 16.5. The lowest BCUT2D eigenvalue weighted by Crippen LogP contribution is -2.62. The maximum absolute atomic E-state index is 11.7. The normalized spacial score (nSPS) is 60.9. The van der Waals surface area contributed by atoms with Gasteiger partial charge in [0.1, 0.15) is 0 Å². The van der Waals surface area contributed by atoms with Crippen LogP contribution in [0.4, 0.5) is 0 Å². The van der Waals surface area contributed by atoms with Gasteiger partial charge in [0.25, 0.3) is 0 Å². The molecule has 0 bridgehead atoms. The summed E-state index contributed by atoms with van der Waals surface area (Å²) in [7, 11) is 0. The molecule has 0 unspecified atom stereocenters. The first kappa shape index (κ1) is 25.1. The summed E-state index contributed by atoms with van der Waals surface area (Å²) in [5, 5.41) is 45.0. The molecular weight excluding hydrogens is 440 g/mol. The van der Waals surface area contributed by atoms with E-state index in [9.17, 15) is 20.4 Å². The Kier molecular flexibility index (Phi) is 4.92. The summed E-state index contributed by atoms with van der Waals surface area (Å²) in [5.41, 5.74) is -1.35. The zero-order valence-corrected chi connectivity index (χ0v) is 23.1. The first-order chi connectivity index (χ1) is 16.0. The van der Waals surface area contributed by atoms with Crippen molar-refractivity contribution in [2.24, 2.45) is 44.8 Å². The molecule has 5 heteroatoms. The van der Waals surface area contributed by atoms with Gasteiger partial charge < -0.3 is 25.2 Å². The molecule has 2 spiro atoms. The van der Waals surface area contributed by atoms with Crippen LogP contribution in [0.15, 0.2) is 0 Å². The average molecular weight is 491 g/mol. The second kappa shape index (κ2) is 6.86. The Bertz CT molecular complexity index is 911. The third kappa shape index (κ3) is 2.78. The molecule has 0 aromatic carbocycles. The van der Waals surface area contributed by atoms with Crippen molar-refractivity contribution in [2.45, 2.75) is 142 Å². The number of hydrogen-bond acceptors (Lipinski definition) is 5. The molecule has 1 aliphatic heterocycles. The first-order valence-corrected chi connectivity index (χ1v) is 14.4. The largest absolute Gasteiger partial charge is 0.393 e. The van der Waals surface area contributed by atoms with Crippen LogP contribution in [0.3, 0.4) is 0 Å². The van der Waals surface area contributed by atoms with E-state index in [0.29, 0.717) is 5.92 Å². The Morgan fingerprint density at radius 3 is 2.09 bits per heavy atom. The van der Waals surface area contributed by atoms with Gasteiger partial charge >= 0.3 is 0 Å². The van der Waals surface area contributed by atoms with E-state index in [1.807, 2.05) is 13.8 Å². The third-order valence-corrected chi connectivity index (χ3v) is 13.8. The van der Waals surface area contributed by atoms with Crippen molar-refractivity contribution in [3.8, 4) is 0 Å². The standard InChI is InChI=1S/C30H50O5/c1-24(2)20(33)8-11-30-16-29(30)13-12-26(5)23(28(7)10-9-21(35-28)25(3,4)34)18(32)15-27(26,6)19(29)14-17(31)22(24)30/h17-23,31-34H,8-16H2,1-7H3/t17-,18-,19-,20-,21+,22-,23-,26+,27+,28-,29-,30-/m0/s1. The quantitative estimate of drug-likeness (QED) is 0.460. The number of ether oxygens (including phenoxy) is 1. The van der Waals surface area contributed by atoms with Gasteiger partial charge in [-0.2, -0.15) is 0 Å². The van der Waals surface area contributed by atoms with Crippen LogP contribution in [-0.4, -0.2) is 56.0 Å². The lowest BCUT2D eigenvalue weighted by molar-refractivity contribution is -0.213. The molecule has 6 rings (SSSR count). The van der Waals surface area contributed by atoms with Crippen LogP contribution in [0.25, 0.3) is 0 Å². The maximum Gasteiger partial charge on any atom is 0.0865 e. The van der Waals surface area contributed by atoms with Gasteiger partial charge in [0.2, 0.25) is 0 Å². The van der Waals surface area contributed by atoms with Gasteiger partial charge in [-0.15, -0.1) is 0 Å². The first-order valence-electron chi connectivity index (χ1n) is 14.4. The van der Waals surface area contributed by atoms with Gasteiger partial charge in [-0.1, -0.05) is 27.7 Å². The highest BCUT2D eigenvalue weighted by molar-refractivity contribution is 5.33. The van der Waals surface area contributed by atoms with E-state index in [4.69, 9.17) is 4.74 Å². The van der Waals surface area contributed by atoms with Crippen LogP contribution < -0.4 is 0 Å². The molecular formula is C30H50O5. The van der Waals surface area contributed by atoms with E-state index in [2.05, 4.69) is 34.6 Å². The summed E-state index contributed by atoms with van der Waals surface area (Å²) in [4.78, 5) is 0. The minimum Gasteiger partial charge on any atom is -0.393 e. The second-order valence-corrected chi connectivity index (χ2v) is 15.9. The fraction of sp³-hybridized carbons (Fsp3) is 1.00. The fourth-order valence-electron chi connectivity index (χ4n) is 12.1. The molecule has 12 atom stereocenters. The van der Waals surface area contributed by atoms with Crippen LogP contribution in [0, 0.1) is 44.8 Å². The molecule has 6 fully saturated rings. The highest BCUT2D eigenvalue weighted by Crippen LogP contribution is 2.89. The molecule has 0 radical (unpaired) electrons. The summed E-state index contributed by atoms with van der Waals surface area (Å²) in [6, 6.07) is 0. The van der Waals surface area contributed by atoms with E-state index in [0.717, 1.165) is 51.4 Å². The summed E-state index contributed by atoms with van der Waals surface area (Å²) < 4.78 is 6.66. The molecule has 6 aliphatic rings. The van der Waals surface area contributed by atoms with Crippen molar-refractivity contribution >= 4 is 0 Å². The van der Waals surface area contributed by atoms with Crippen LogP contribution in [0.2, 0.25) is 0 Å². The number of fused-ring (bicyclic) bond motifs is 2. The Labute approximate surface area is 212 Å². The van der Waals surface area contributed by atoms with Gasteiger partial charge in [0, 0.05) is 5.92 Å². The molecule has 35 heavy (non-hydrogen) atoms. The fourth-order valence-corrected chi connectivity index (χ4v) is 12.1. The van der Waals surface area contributed by atoms with E-state index in [1.54, 1.807) is 0 Å². The Morgan fingerprint density at radius 2 is 1.46 bits per heavy atom. The molecule has 5 nitrogen and oxygen atoms in total. The summed E-state index contributed by atoms with van der Waals surface area (Å²) >= 11 is 0. The minimum atomic E-state index is -0.886. The monoisotopic (exact) mass is 490 g/mol. The number of aliphatic hydroxyl groups excluding tert-OH is 3. The van der Waals surface area contributed by atoms with E-state index < -0.39 is 23.4 Å². The smallest absolute Gasteiger partial charge is 0.0865 e. The van der Waals surface area contributed by atoms with Gasteiger partial charge in [-0.3, -0.25) is 0 Å². The molecule has 1 heterocycles. The number of aliphatic hydroxyl groups is 4. The zero-order valence-electron chi connectivity index (χ0n) is 23.1. The predicted octanol–water partition coefficient (Wildman–Crippen LogP) is 4.44. The summed E-state index contributed by atoms with van der Waals surface area (Å²) in [6.45, 7) is 15.0. The Morgan fingerprint density at radius 1 is 0.771 bits per heavy atom. The van der Waals surface area contributed by atoms with E-state index in [-0.39, 0.29) is 51.1 Å². The summed E-state index contributed by atoms with van der Waals surface area (Å²) in [6.07, 6.45) is 7.18. The van der Waals surface area contributed by atoms with E-state index >= 15 is 0 Å². The third-order valence-electron chi connectivity index (χ3n) is 13.8. The van der Waals surface area contributed by atoms with Crippen molar-refractivity contribution in [3.05, 3.63) is 0 Å². The lowest BCUT2D eigenvalue weighted by Gasteiger charge is -2.64. The Hall–Kier alpha value is -0.200. The molecule has 200 valence electrons. The van der Waals surface area contributed by atoms with E-state index in [1.165, 1.54) is 6.42 Å². The van der Waals surface area contributed by atoms with Crippen LogP contribution in [0.5, 0.6) is 0 Å². The topological polar surface area (TPSA) is 90.2 Å². The van der Waals surface area contributed by atoms with Crippen molar-refractivity contribution in [1.29, 1.82) is 0 Å². The second-order valence-electron chi connectivity index (χ2n) is 15.9. The van der Waals surface area contributed by atoms with Crippen LogP contribution >= 0.6 is 0 Å². The lowest BCUT2D eigenvalue weighted by atomic mass is 9.41. The molecule has 0 aromatic rings. The van der Waals surface area contributed by atoms with Crippen LogP contribution in [0.1, 0.15) is 106 Å². The molecule has 5 saturated carbocycles. The van der Waals surface area contributed by atoms with Gasteiger partial charge in [0.15, 0.2) is 0 Å². The molecule has 5 aliphatic carbocycles. The zero-order chi connectivity index (χ0) is 25.6. The minimum absolute atomic E-state index is 0.0267. The number of rotatable bonds is 2. The SMILES string of the molecule is CC(C)(O)[C@H]1CC[C@@](C)([C@H]2[C@@H](O)C[C@]3(C)[C@@H]4C[C@H](O)[C@H]5C(C)(C)[C@@H](O)CC[C@]56C[C@@]46CC[C@]23C)O1. The predicted molar refractivity (Wildman–Crippen MR) is 134 cm³/mol. The van der Waals surface area contributed by atoms with Crippen molar-refractivity contribution in [1.82, 2.24) is 0 Å². The maximum atomic E-state index is 11.7. The van der Waals surface area contributed by atoms with Crippen molar-refractivity contribution < 1.29 is 25.2 Å². The molecule has 0 aromatic heterocycles. The average Bonchev–Trinajstić information content (AvgIpc) is 3.08. The molecule has 1 saturated heterocycles. The van der Waals surface area contributed by atoms with Gasteiger partial charge in [0.05, 0.1) is 35.6 Å². The summed E-state index contributed by atoms with van der Waals surface area (Å²) in [5.74, 6) is 0.577. The van der Waals surface area contributed by atoms with Crippen molar-refractivity contribution in [2.75, 3.05) is 0 Å². The molecule has 0 amide bonds. The van der Waals surface area contributed by atoms with Gasteiger partial charge in [-0.25, -0.2) is 0 Å².